The number of non-ortho nitro benzene ring substituents is 1. The Kier molecular flexibility index (Phi) is 6.15. The van der Waals surface area contributed by atoms with Gasteiger partial charge in [0.15, 0.2) is 0 Å². The molecule has 0 unspecified atom stereocenters. The van der Waals surface area contributed by atoms with E-state index in [9.17, 15) is 18.5 Å². The van der Waals surface area contributed by atoms with Crippen LogP contribution in [-0.2, 0) is 16.6 Å². The van der Waals surface area contributed by atoms with E-state index in [1.165, 1.54) is 33.0 Å². The van der Waals surface area contributed by atoms with Crippen molar-refractivity contribution in [2.45, 2.75) is 16.3 Å². The van der Waals surface area contributed by atoms with Gasteiger partial charge in [-0.2, -0.15) is 4.31 Å². The topological polar surface area (TPSA) is 83.8 Å². The fourth-order valence-corrected chi connectivity index (χ4v) is 4.89. The number of rotatable bonds is 6. The van der Waals surface area contributed by atoms with E-state index in [1.807, 2.05) is 6.26 Å². The fraction of sp³-hybridized carbons (Fsp3) is 0.333. The lowest BCUT2D eigenvalue weighted by Gasteiger charge is -2.34. The molecule has 0 aromatic heterocycles. The van der Waals surface area contributed by atoms with Gasteiger partial charge in [-0.3, -0.25) is 15.0 Å². The molecule has 1 aliphatic rings. The Bertz CT molecular complexity index is 908. The van der Waals surface area contributed by atoms with Crippen LogP contribution in [0.5, 0.6) is 0 Å². The molecule has 1 saturated heterocycles. The zero-order valence-electron chi connectivity index (χ0n) is 14.9. The summed E-state index contributed by atoms with van der Waals surface area (Å²) in [5.41, 5.74) is 0.978. The average Bonchev–Trinajstić information content (AvgIpc) is 2.69. The van der Waals surface area contributed by atoms with Crippen LogP contribution in [0.15, 0.2) is 58.3 Å². The largest absolute Gasteiger partial charge is 0.296 e. The van der Waals surface area contributed by atoms with Crippen molar-refractivity contribution in [1.82, 2.24) is 9.21 Å². The summed E-state index contributed by atoms with van der Waals surface area (Å²) in [6.45, 7) is 2.76. The first-order chi connectivity index (χ1) is 12.9. The Morgan fingerprint density at radius 1 is 1.07 bits per heavy atom. The fourth-order valence-electron chi connectivity index (χ4n) is 3.02. The van der Waals surface area contributed by atoms with E-state index in [0.29, 0.717) is 26.2 Å². The van der Waals surface area contributed by atoms with Gasteiger partial charge in [0.25, 0.3) is 5.69 Å². The minimum absolute atomic E-state index is 0.0298. The second-order valence-electron chi connectivity index (χ2n) is 6.28. The second-order valence-corrected chi connectivity index (χ2v) is 9.10. The number of thioether (sulfide) groups is 1. The molecule has 7 nitrogen and oxygen atoms in total. The monoisotopic (exact) mass is 407 g/mol. The first-order valence-corrected chi connectivity index (χ1v) is 11.2. The summed E-state index contributed by atoms with van der Waals surface area (Å²) in [7, 11) is -3.72. The van der Waals surface area contributed by atoms with E-state index in [2.05, 4.69) is 29.2 Å². The Balaban J connectivity index is 1.64. The molecule has 0 N–H and O–H groups in total. The maximum absolute atomic E-state index is 12.8. The van der Waals surface area contributed by atoms with E-state index >= 15 is 0 Å². The summed E-state index contributed by atoms with van der Waals surface area (Å²) in [5.74, 6) is 0. The third-order valence-corrected chi connectivity index (χ3v) is 7.20. The van der Waals surface area contributed by atoms with Crippen LogP contribution >= 0.6 is 11.8 Å². The second kappa shape index (κ2) is 8.39. The molecule has 2 aromatic rings. The van der Waals surface area contributed by atoms with E-state index < -0.39 is 14.9 Å². The molecular weight excluding hydrogens is 386 g/mol. The smallest absolute Gasteiger partial charge is 0.270 e. The zero-order valence-corrected chi connectivity index (χ0v) is 16.6. The van der Waals surface area contributed by atoms with Gasteiger partial charge in [-0.15, -0.1) is 11.8 Å². The molecule has 3 rings (SSSR count). The van der Waals surface area contributed by atoms with Crippen LogP contribution in [0.2, 0.25) is 0 Å². The van der Waals surface area contributed by atoms with E-state index in [4.69, 9.17) is 0 Å². The van der Waals surface area contributed by atoms with Crippen molar-refractivity contribution in [3.8, 4) is 0 Å². The minimum atomic E-state index is -3.72. The summed E-state index contributed by atoms with van der Waals surface area (Å²) in [6.07, 6.45) is 2.04. The van der Waals surface area contributed by atoms with Gasteiger partial charge in [0, 0.05) is 49.8 Å². The van der Waals surface area contributed by atoms with Gasteiger partial charge >= 0.3 is 0 Å². The molecular formula is C18H21N3O4S2. The van der Waals surface area contributed by atoms with Crippen LogP contribution in [-0.4, -0.2) is 55.0 Å². The summed E-state index contributed by atoms with van der Waals surface area (Å²) < 4.78 is 27.0. The lowest BCUT2D eigenvalue weighted by molar-refractivity contribution is -0.385. The van der Waals surface area contributed by atoms with Gasteiger partial charge in [-0.1, -0.05) is 18.2 Å². The highest BCUT2D eigenvalue weighted by molar-refractivity contribution is 7.98. The molecule has 0 spiro atoms. The van der Waals surface area contributed by atoms with Crippen LogP contribution in [0, 0.1) is 10.1 Å². The number of nitrogens with zero attached hydrogens (tertiary/aromatic N) is 3. The molecule has 0 bridgehead atoms. The molecule has 1 aliphatic heterocycles. The van der Waals surface area contributed by atoms with Crippen LogP contribution < -0.4 is 0 Å². The minimum Gasteiger partial charge on any atom is -0.296 e. The molecule has 0 saturated carbocycles. The van der Waals surface area contributed by atoms with Gasteiger partial charge in [0.1, 0.15) is 0 Å². The summed E-state index contributed by atoms with van der Waals surface area (Å²) >= 11 is 1.70. The number of nitro groups is 1. The molecule has 1 heterocycles. The number of hydrogen-bond acceptors (Lipinski definition) is 6. The van der Waals surface area contributed by atoms with Gasteiger partial charge in [0.05, 0.1) is 9.82 Å². The number of piperazine rings is 1. The molecule has 27 heavy (non-hydrogen) atoms. The van der Waals surface area contributed by atoms with Crippen molar-refractivity contribution < 1.29 is 13.3 Å². The number of benzene rings is 2. The van der Waals surface area contributed by atoms with Crippen molar-refractivity contribution >= 4 is 27.5 Å². The molecule has 0 atom stereocenters. The van der Waals surface area contributed by atoms with Gasteiger partial charge in [-0.05, 0) is 30.0 Å². The maximum atomic E-state index is 12.8. The first-order valence-electron chi connectivity index (χ1n) is 8.50. The van der Waals surface area contributed by atoms with Gasteiger partial charge in [-0.25, -0.2) is 8.42 Å². The molecule has 144 valence electrons. The predicted molar refractivity (Wildman–Crippen MR) is 105 cm³/mol. The number of sulfonamides is 1. The van der Waals surface area contributed by atoms with Crippen LogP contribution in [0.1, 0.15) is 5.56 Å². The Morgan fingerprint density at radius 2 is 1.74 bits per heavy atom. The number of nitro benzene ring substituents is 1. The lowest BCUT2D eigenvalue weighted by Crippen LogP contribution is -2.48. The normalized spacial score (nSPS) is 16.3. The van der Waals surface area contributed by atoms with Crippen molar-refractivity contribution in [1.29, 1.82) is 0 Å². The SMILES string of the molecule is CSc1ccc(CN2CCN(S(=O)(=O)c3cccc([N+](=O)[O-])c3)CC2)cc1. The quantitative estimate of drug-likeness (QED) is 0.416. The molecule has 0 amide bonds. The Morgan fingerprint density at radius 3 is 2.33 bits per heavy atom. The maximum Gasteiger partial charge on any atom is 0.270 e. The molecule has 9 heteroatoms. The van der Waals surface area contributed by atoms with Crippen molar-refractivity contribution in [3.63, 3.8) is 0 Å². The molecule has 2 aromatic carbocycles. The Labute approximate surface area is 163 Å². The highest BCUT2D eigenvalue weighted by Gasteiger charge is 2.29. The van der Waals surface area contributed by atoms with E-state index in [-0.39, 0.29) is 10.6 Å². The van der Waals surface area contributed by atoms with Gasteiger partial charge < -0.3 is 0 Å². The Hall–Kier alpha value is -1.94. The highest BCUT2D eigenvalue weighted by Crippen LogP contribution is 2.22. The summed E-state index contributed by atoms with van der Waals surface area (Å²) in [6, 6.07) is 13.6. The summed E-state index contributed by atoms with van der Waals surface area (Å²) in [5, 5.41) is 10.9. The van der Waals surface area contributed by atoms with Crippen molar-refractivity contribution in [3.05, 3.63) is 64.2 Å². The van der Waals surface area contributed by atoms with Crippen LogP contribution in [0.4, 0.5) is 5.69 Å². The van der Waals surface area contributed by atoms with E-state index in [1.54, 1.807) is 11.8 Å². The standard InChI is InChI=1S/C18H21N3O4S2/c1-26-17-7-5-15(6-8-17)14-19-9-11-20(12-10-19)27(24,25)18-4-2-3-16(13-18)21(22)23/h2-8,13H,9-12,14H2,1H3. The van der Waals surface area contributed by atoms with E-state index in [0.717, 1.165) is 12.6 Å². The highest BCUT2D eigenvalue weighted by atomic mass is 32.2. The molecule has 0 radical (unpaired) electrons. The average molecular weight is 408 g/mol. The van der Waals surface area contributed by atoms with Crippen LogP contribution in [0.25, 0.3) is 0 Å². The third-order valence-electron chi connectivity index (χ3n) is 4.56. The predicted octanol–water partition coefficient (Wildman–Crippen LogP) is 2.82. The van der Waals surface area contributed by atoms with Gasteiger partial charge in [0.2, 0.25) is 10.0 Å². The van der Waals surface area contributed by atoms with Crippen molar-refractivity contribution in [2.75, 3.05) is 32.4 Å². The first kappa shape index (κ1) is 19.8. The number of hydrogen-bond donors (Lipinski definition) is 0. The third kappa shape index (κ3) is 4.67. The van der Waals surface area contributed by atoms with Crippen LogP contribution in [0.3, 0.4) is 0 Å². The van der Waals surface area contributed by atoms with Crippen molar-refractivity contribution in [2.24, 2.45) is 0 Å². The zero-order chi connectivity index (χ0) is 19.4. The molecule has 1 fully saturated rings. The summed E-state index contributed by atoms with van der Waals surface area (Å²) in [4.78, 5) is 13.7. The molecule has 0 aliphatic carbocycles. The lowest BCUT2D eigenvalue weighted by atomic mass is 10.2.